The number of nitrogens with zero attached hydrogens (tertiary/aromatic N) is 6. The minimum atomic E-state index is -0.323. The fourth-order valence-corrected chi connectivity index (χ4v) is 4.18. The molecule has 0 N–H and O–H groups in total. The van der Waals surface area contributed by atoms with Gasteiger partial charge >= 0.3 is 0 Å². The number of fused-ring (bicyclic) bond motifs is 1. The van der Waals surface area contributed by atoms with Gasteiger partial charge in [0.15, 0.2) is 5.65 Å². The lowest BCUT2D eigenvalue weighted by Gasteiger charge is -2.28. The lowest BCUT2D eigenvalue weighted by atomic mass is 9.92. The summed E-state index contributed by atoms with van der Waals surface area (Å²) in [6.45, 7) is 6.26. The minimum Gasteiger partial charge on any atom is -0.373 e. The van der Waals surface area contributed by atoms with Crippen LogP contribution >= 0.6 is 0 Å². The Kier molecular flexibility index (Phi) is 5.17. The number of aromatic nitrogens is 6. The molecule has 164 valence electrons. The predicted molar refractivity (Wildman–Crippen MR) is 119 cm³/mol. The van der Waals surface area contributed by atoms with Gasteiger partial charge in [-0.2, -0.15) is 5.10 Å². The molecule has 1 fully saturated rings. The summed E-state index contributed by atoms with van der Waals surface area (Å²) in [5, 5.41) is 4.26. The van der Waals surface area contributed by atoms with E-state index in [1.54, 1.807) is 10.7 Å². The lowest BCUT2D eigenvalue weighted by Crippen LogP contribution is -2.20. The van der Waals surface area contributed by atoms with Crippen LogP contribution in [0.4, 0.5) is 4.39 Å². The monoisotopic (exact) mass is 432 g/mol. The zero-order valence-electron chi connectivity index (χ0n) is 18.6. The molecule has 1 aliphatic heterocycles. The summed E-state index contributed by atoms with van der Waals surface area (Å²) in [4.78, 5) is 19.0. The van der Waals surface area contributed by atoms with E-state index in [9.17, 15) is 4.39 Å². The molecule has 1 aliphatic rings. The van der Waals surface area contributed by atoms with Gasteiger partial charge in [0.2, 0.25) is 0 Å². The number of hydrogen-bond acceptors (Lipinski definition) is 6. The predicted octanol–water partition coefficient (Wildman–Crippen LogP) is 4.52. The third kappa shape index (κ3) is 3.75. The Bertz CT molecular complexity index is 1320. The summed E-state index contributed by atoms with van der Waals surface area (Å²) >= 11 is 0. The van der Waals surface area contributed by atoms with Crippen molar-refractivity contribution in [3.8, 4) is 11.3 Å². The van der Waals surface area contributed by atoms with E-state index in [0.29, 0.717) is 34.9 Å². The third-order valence-electron chi connectivity index (χ3n) is 6.09. The van der Waals surface area contributed by atoms with Crippen molar-refractivity contribution in [1.82, 2.24) is 29.7 Å². The smallest absolute Gasteiger partial charge is 0.182 e. The van der Waals surface area contributed by atoms with E-state index in [4.69, 9.17) is 14.7 Å². The van der Waals surface area contributed by atoms with Crippen LogP contribution < -0.4 is 0 Å². The van der Waals surface area contributed by atoms with Crippen LogP contribution in [0, 0.1) is 26.6 Å². The molecule has 32 heavy (non-hydrogen) atoms. The van der Waals surface area contributed by atoms with Gasteiger partial charge in [-0.15, -0.1) is 0 Å². The molecule has 7 nitrogen and oxygen atoms in total. The van der Waals surface area contributed by atoms with Crippen LogP contribution in [0.25, 0.3) is 22.4 Å². The standard InChI is InChI=1S/C24H25FN6O/c1-13-5-6-18(19(25)9-13)21-22-24(28-15(3)14(2)27-22)30-23(29-21)16-7-8-32-20(10-16)17-11-26-31(4)12-17/h5-6,9,11-12,16,20H,7-8,10H2,1-4H3/t16-,20-/m0/s1. The minimum absolute atomic E-state index is 0.0639. The van der Waals surface area contributed by atoms with E-state index in [0.717, 1.165) is 35.4 Å². The SMILES string of the molecule is Cc1ccc(-c2nc([C@H]3CCO[C@H](c4cnn(C)c4)C3)nc3nc(C)c(C)nc23)c(F)c1. The van der Waals surface area contributed by atoms with Gasteiger partial charge in [0.05, 0.1) is 23.7 Å². The molecule has 2 atom stereocenters. The first kappa shape index (κ1) is 20.6. The molecular formula is C24H25FN6O. The summed E-state index contributed by atoms with van der Waals surface area (Å²) in [6, 6.07) is 5.16. The van der Waals surface area contributed by atoms with Gasteiger partial charge in [0.25, 0.3) is 0 Å². The first-order valence-electron chi connectivity index (χ1n) is 10.8. The molecule has 0 saturated carbocycles. The van der Waals surface area contributed by atoms with Crippen LogP contribution in [-0.4, -0.2) is 36.3 Å². The molecule has 0 aliphatic carbocycles. The second kappa shape index (κ2) is 8.02. The van der Waals surface area contributed by atoms with E-state index in [1.165, 1.54) is 6.07 Å². The van der Waals surface area contributed by atoms with Gasteiger partial charge in [-0.25, -0.2) is 24.3 Å². The van der Waals surface area contributed by atoms with Gasteiger partial charge in [-0.05, 0) is 51.3 Å². The molecule has 0 unspecified atom stereocenters. The Hall–Kier alpha value is -3.26. The largest absolute Gasteiger partial charge is 0.373 e. The number of ether oxygens (including phenoxy) is 1. The average molecular weight is 433 g/mol. The van der Waals surface area contributed by atoms with Crippen LogP contribution in [0.15, 0.2) is 30.6 Å². The molecule has 0 spiro atoms. The van der Waals surface area contributed by atoms with Gasteiger partial charge in [-0.1, -0.05) is 6.07 Å². The average Bonchev–Trinajstić information content (AvgIpc) is 3.21. The summed E-state index contributed by atoms with van der Waals surface area (Å²) in [7, 11) is 1.89. The summed E-state index contributed by atoms with van der Waals surface area (Å²) in [5.74, 6) is 0.396. The van der Waals surface area contributed by atoms with Crippen LogP contribution in [0.3, 0.4) is 0 Å². The highest BCUT2D eigenvalue weighted by atomic mass is 19.1. The van der Waals surface area contributed by atoms with Crippen LogP contribution in [0.5, 0.6) is 0 Å². The second-order valence-corrected chi connectivity index (χ2v) is 8.51. The molecule has 4 heterocycles. The van der Waals surface area contributed by atoms with E-state index >= 15 is 0 Å². The van der Waals surface area contributed by atoms with Crippen molar-refractivity contribution in [3.63, 3.8) is 0 Å². The molecule has 1 saturated heterocycles. The van der Waals surface area contributed by atoms with Crippen molar-refractivity contribution >= 4 is 11.2 Å². The normalized spacial score (nSPS) is 18.9. The zero-order valence-corrected chi connectivity index (χ0v) is 18.6. The van der Waals surface area contributed by atoms with Crippen molar-refractivity contribution < 1.29 is 9.13 Å². The lowest BCUT2D eigenvalue weighted by molar-refractivity contribution is 0.00398. The summed E-state index contributed by atoms with van der Waals surface area (Å²) in [5.41, 5.74) is 5.40. The van der Waals surface area contributed by atoms with E-state index in [2.05, 4.69) is 15.1 Å². The van der Waals surface area contributed by atoms with Crippen molar-refractivity contribution in [2.75, 3.05) is 6.61 Å². The molecule has 8 heteroatoms. The molecule has 0 bridgehead atoms. The Labute approximate surface area is 185 Å². The molecule has 5 rings (SSSR count). The molecule has 0 amide bonds. The van der Waals surface area contributed by atoms with Gasteiger partial charge < -0.3 is 4.74 Å². The van der Waals surface area contributed by atoms with Gasteiger partial charge in [0.1, 0.15) is 22.9 Å². The maximum absolute atomic E-state index is 15.0. The summed E-state index contributed by atoms with van der Waals surface area (Å²) in [6.07, 6.45) is 5.24. The van der Waals surface area contributed by atoms with Gasteiger partial charge in [-0.3, -0.25) is 4.68 Å². The first-order chi connectivity index (χ1) is 15.4. The Morgan fingerprint density at radius 1 is 1.06 bits per heavy atom. The Morgan fingerprint density at radius 3 is 2.62 bits per heavy atom. The fourth-order valence-electron chi connectivity index (χ4n) is 4.18. The molecular weight excluding hydrogens is 407 g/mol. The van der Waals surface area contributed by atoms with Crippen molar-refractivity contribution in [3.05, 3.63) is 64.7 Å². The fraction of sp³-hybridized carbons (Fsp3) is 0.375. The topological polar surface area (TPSA) is 78.6 Å². The van der Waals surface area contributed by atoms with E-state index in [1.807, 2.05) is 46.3 Å². The number of rotatable bonds is 3. The number of halogens is 1. The van der Waals surface area contributed by atoms with Crippen molar-refractivity contribution in [2.24, 2.45) is 7.05 Å². The molecule has 1 aromatic carbocycles. The molecule has 0 radical (unpaired) electrons. The number of hydrogen-bond donors (Lipinski definition) is 0. The van der Waals surface area contributed by atoms with Crippen molar-refractivity contribution in [1.29, 1.82) is 0 Å². The van der Waals surface area contributed by atoms with Crippen LogP contribution in [-0.2, 0) is 11.8 Å². The number of benzene rings is 1. The quantitative estimate of drug-likeness (QED) is 0.474. The van der Waals surface area contributed by atoms with Crippen LogP contribution in [0.1, 0.15) is 53.2 Å². The third-order valence-corrected chi connectivity index (χ3v) is 6.09. The highest BCUT2D eigenvalue weighted by Crippen LogP contribution is 2.38. The van der Waals surface area contributed by atoms with E-state index < -0.39 is 0 Å². The maximum atomic E-state index is 15.0. The van der Waals surface area contributed by atoms with E-state index in [-0.39, 0.29) is 17.8 Å². The van der Waals surface area contributed by atoms with Gasteiger partial charge in [0, 0.05) is 36.9 Å². The summed E-state index contributed by atoms with van der Waals surface area (Å²) < 4.78 is 22.7. The van der Waals surface area contributed by atoms with Crippen LogP contribution in [0.2, 0.25) is 0 Å². The second-order valence-electron chi connectivity index (χ2n) is 8.51. The maximum Gasteiger partial charge on any atom is 0.182 e. The molecule has 3 aromatic heterocycles. The van der Waals surface area contributed by atoms with Crippen molar-refractivity contribution in [2.45, 2.75) is 45.6 Å². The number of aryl methyl sites for hydroxylation is 4. The highest BCUT2D eigenvalue weighted by molar-refractivity contribution is 5.87. The molecule has 4 aromatic rings. The first-order valence-corrected chi connectivity index (χ1v) is 10.8. The zero-order chi connectivity index (χ0) is 22.4. The Balaban J connectivity index is 1.62. The Morgan fingerprint density at radius 2 is 1.88 bits per heavy atom. The highest BCUT2D eigenvalue weighted by Gasteiger charge is 2.29.